The molecule has 3 N–H and O–H groups in total. The zero-order valence-electron chi connectivity index (χ0n) is 10.5. The Balaban J connectivity index is 2.08. The van der Waals surface area contributed by atoms with E-state index in [0.717, 1.165) is 22.7 Å². The summed E-state index contributed by atoms with van der Waals surface area (Å²) in [6, 6.07) is 15.8. The maximum absolute atomic E-state index is 5.91. The first-order valence-corrected chi connectivity index (χ1v) is 6.10. The Labute approximate surface area is 108 Å². The molecular formula is C15H18N2O. The number of ether oxygens (including phenoxy) is 1. The minimum atomic E-state index is 0.659. The van der Waals surface area contributed by atoms with Crippen LogP contribution in [0, 0.1) is 0 Å². The third-order valence-corrected chi connectivity index (χ3v) is 2.71. The van der Waals surface area contributed by atoms with Crippen molar-refractivity contribution >= 4 is 11.4 Å². The summed E-state index contributed by atoms with van der Waals surface area (Å²) < 4.78 is 5.56. The average Bonchev–Trinajstić information content (AvgIpc) is 2.40. The second kappa shape index (κ2) is 5.96. The molecule has 0 saturated carbocycles. The van der Waals surface area contributed by atoms with Crippen LogP contribution in [0.1, 0.15) is 12.5 Å². The second-order valence-corrected chi connectivity index (χ2v) is 3.98. The van der Waals surface area contributed by atoms with Crippen molar-refractivity contribution in [1.82, 2.24) is 0 Å². The molecule has 2 aromatic rings. The average molecular weight is 242 g/mol. The molecule has 0 bridgehead atoms. The smallest absolute Gasteiger partial charge is 0.142 e. The molecule has 0 unspecified atom stereocenters. The third-order valence-electron chi connectivity index (χ3n) is 2.71. The Morgan fingerprint density at radius 3 is 2.56 bits per heavy atom. The molecule has 94 valence electrons. The molecule has 2 aromatic carbocycles. The minimum Gasteiger partial charge on any atom is -0.492 e. The standard InChI is InChI=1S/C15H18N2O/c1-2-18-15-10-6-5-9-14(15)17-11-12-7-3-4-8-13(12)16/h3-10,17H,2,11,16H2,1H3. The maximum atomic E-state index is 5.91. The van der Waals surface area contributed by atoms with Crippen molar-refractivity contribution in [3.63, 3.8) is 0 Å². The lowest BCUT2D eigenvalue weighted by Crippen LogP contribution is -2.04. The molecule has 2 rings (SSSR count). The van der Waals surface area contributed by atoms with Crippen LogP contribution in [-0.2, 0) is 6.54 Å². The van der Waals surface area contributed by atoms with Crippen LogP contribution < -0.4 is 15.8 Å². The van der Waals surface area contributed by atoms with E-state index in [0.29, 0.717) is 13.2 Å². The van der Waals surface area contributed by atoms with Crippen molar-refractivity contribution in [2.45, 2.75) is 13.5 Å². The number of nitrogen functional groups attached to an aromatic ring is 1. The number of hydrogen-bond donors (Lipinski definition) is 2. The summed E-state index contributed by atoms with van der Waals surface area (Å²) in [5.74, 6) is 0.870. The molecule has 0 amide bonds. The quantitative estimate of drug-likeness (QED) is 0.791. The van der Waals surface area contributed by atoms with Crippen LogP contribution in [0.3, 0.4) is 0 Å². The zero-order chi connectivity index (χ0) is 12.8. The summed E-state index contributed by atoms with van der Waals surface area (Å²) in [6.45, 7) is 3.33. The van der Waals surface area contributed by atoms with Crippen LogP contribution >= 0.6 is 0 Å². The molecule has 3 heteroatoms. The van der Waals surface area contributed by atoms with E-state index < -0.39 is 0 Å². The number of nitrogens with one attached hydrogen (secondary N) is 1. The molecule has 0 heterocycles. The lowest BCUT2D eigenvalue weighted by molar-refractivity contribution is 0.341. The first-order valence-electron chi connectivity index (χ1n) is 6.10. The molecule has 0 aromatic heterocycles. The van der Waals surface area contributed by atoms with Gasteiger partial charge >= 0.3 is 0 Å². The minimum absolute atomic E-state index is 0.659. The molecule has 0 aliphatic carbocycles. The zero-order valence-corrected chi connectivity index (χ0v) is 10.5. The van der Waals surface area contributed by atoms with E-state index >= 15 is 0 Å². The molecule has 3 nitrogen and oxygen atoms in total. The molecule has 0 fully saturated rings. The Morgan fingerprint density at radius 2 is 1.78 bits per heavy atom. The Hall–Kier alpha value is -2.16. The first-order chi connectivity index (χ1) is 8.81. The number of rotatable bonds is 5. The van der Waals surface area contributed by atoms with Gasteiger partial charge in [-0.25, -0.2) is 0 Å². The molecule has 0 aliphatic rings. The van der Waals surface area contributed by atoms with Gasteiger partial charge in [0.2, 0.25) is 0 Å². The lowest BCUT2D eigenvalue weighted by atomic mass is 10.2. The van der Waals surface area contributed by atoms with E-state index in [2.05, 4.69) is 5.32 Å². The van der Waals surface area contributed by atoms with Crippen LogP contribution in [-0.4, -0.2) is 6.61 Å². The van der Waals surface area contributed by atoms with E-state index in [1.54, 1.807) is 0 Å². The van der Waals surface area contributed by atoms with Gasteiger partial charge in [-0.05, 0) is 30.7 Å². The van der Waals surface area contributed by atoms with Gasteiger partial charge in [-0.2, -0.15) is 0 Å². The Morgan fingerprint density at radius 1 is 1.06 bits per heavy atom. The summed E-state index contributed by atoms with van der Waals surface area (Å²) >= 11 is 0. The van der Waals surface area contributed by atoms with Gasteiger partial charge in [0.1, 0.15) is 5.75 Å². The van der Waals surface area contributed by atoms with E-state index in [9.17, 15) is 0 Å². The molecule has 0 atom stereocenters. The van der Waals surface area contributed by atoms with Gasteiger partial charge in [0, 0.05) is 12.2 Å². The number of nitrogens with two attached hydrogens (primary N) is 1. The van der Waals surface area contributed by atoms with Crippen molar-refractivity contribution in [3.8, 4) is 5.75 Å². The van der Waals surface area contributed by atoms with Crippen LogP contribution in [0.5, 0.6) is 5.75 Å². The summed E-state index contributed by atoms with van der Waals surface area (Å²) in [5.41, 5.74) is 8.79. The Kier molecular flexibility index (Phi) is 4.07. The van der Waals surface area contributed by atoms with E-state index in [-0.39, 0.29) is 0 Å². The highest BCUT2D eigenvalue weighted by molar-refractivity contribution is 5.57. The highest BCUT2D eigenvalue weighted by Crippen LogP contribution is 2.24. The van der Waals surface area contributed by atoms with E-state index in [1.165, 1.54) is 0 Å². The Bertz CT molecular complexity index is 511. The van der Waals surface area contributed by atoms with Crippen LogP contribution in [0.15, 0.2) is 48.5 Å². The normalized spacial score (nSPS) is 10.1. The van der Waals surface area contributed by atoms with E-state index in [1.807, 2.05) is 55.5 Å². The number of anilines is 2. The van der Waals surface area contributed by atoms with Gasteiger partial charge < -0.3 is 15.8 Å². The number of hydrogen-bond acceptors (Lipinski definition) is 3. The largest absolute Gasteiger partial charge is 0.492 e. The summed E-state index contributed by atoms with van der Waals surface area (Å²) in [6.07, 6.45) is 0. The molecule has 0 spiro atoms. The maximum Gasteiger partial charge on any atom is 0.142 e. The molecule has 0 radical (unpaired) electrons. The van der Waals surface area contributed by atoms with Gasteiger partial charge in [0.15, 0.2) is 0 Å². The predicted octanol–water partition coefficient (Wildman–Crippen LogP) is 3.28. The number of benzene rings is 2. The third kappa shape index (κ3) is 2.94. The monoisotopic (exact) mass is 242 g/mol. The van der Waals surface area contributed by atoms with Crippen molar-refractivity contribution in [2.75, 3.05) is 17.7 Å². The van der Waals surface area contributed by atoms with Crippen LogP contribution in [0.25, 0.3) is 0 Å². The van der Waals surface area contributed by atoms with Gasteiger partial charge in [-0.15, -0.1) is 0 Å². The van der Waals surface area contributed by atoms with Gasteiger partial charge in [0.25, 0.3) is 0 Å². The van der Waals surface area contributed by atoms with Gasteiger partial charge in [0.05, 0.1) is 12.3 Å². The highest BCUT2D eigenvalue weighted by Gasteiger charge is 2.02. The first kappa shape index (κ1) is 12.3. The summed E-state index contributed by atoms with van der Waals surface area (Å²) in [7, 11) is 0. The van der Waals surface area contributed by atoms with Crippen LogP contribution in [0.4, 0.5) is 11.4 Å². The molecular weight excluding hydrogens is 224 g/mol. The highest BCUT2D eigenvalue weighted by atomic mass is 16.5. The SMILES string of the molecule is CCOc1ccccc1NCc1ccccc1N. The topological polar surface area (TPSA) is 47.3 Å². The van der Waals surface area contributed by atoms with Crippen molar-refractivity contribution in [2.24, 2.45) is 0 Å². The predicted molar refractivity (Wildman–Crippen MR) is 75.8 cm³/mol. The fourth-order valence-electron chi connectivity index (χ4n) is 1.78. The fourth-order valence-corrected chi connectivity index (χ4v) is 1.78. The van der Waals surface area contributed by atoms with Gasteiger partial charge in [-0.3, -0.25) is 0 Å². The molecule has 18 heavy (non-hydrogen) atoms. The second-order valence-electron chi connectivity index (χ2n) is 3.98. The van der Waals surface area contributed by atoms with Crippen LogP contribution in [0.2, 0.25) is 0 Å². The fraction of sp³-hybridized carbons (Fsp3) is 0.200. The van der Waals surface area contributed by atoms with Crippen molar-refractivity contribution in [1.29, 1.82) is 0 Å². The van der Waals surface area contributed by atoms with Crippen molar-refractivity contribution < 1.29 is 4.74 Å². The van der Waals surface area contributed by atoms with E-state index in [4.69, 9.17) is 10.5 Å². The lowest BCUT2D eigenvalue weighted by Gasteiger charge is -2.13. The van der Waals surface area contributed by atoms with Gasteiger partial charge in [-0.1, -0.05) is 30.3 Å². The molecule has 0 saturated heterocycles. The summed E-state index contributed by atoms with van der Waals surface area (Å²) in [5, 5.41) is 3.35. The summed E-state index contributed by atoms with van der Waals surface area (Å²) in [4.78, 5) is 0. The molecule has 0 aliphatic heterocycles. The van der Waals surface area contributed by atoms with Crippen molar-refractivity contribution in [3.05, 3.63) is 54.1 Å². The number of para-hydroxylation sites is 3.